The largest absolute Gasteiger partial charge is 0.456 e. The SMILES string of the molecule is Cc1oc(C(=O)NN)cc1CN1CCC(N2CCCC2)C1. The first-order valence-electron chi connectivity index (χ1n) is 7.74. The number of carbonyl (C=O) groups is 1. The van der Waals surface area contributed by atoms with Crippen LogP contribution < -0.4 is 11.3 Å². The number of carbonyl (C=O) groups excluding carboxylic acids is 1. The molecule has 116 valence electrons. The maximum atomic E-state index is 11.5. The zero-order chi connectivity index (χ0) is 14.8. The van der Waals surface area contributed by atoms with Crippen LogP contribution in [-0.4, -0.2) is 47.9 Å². The monoisotopic (exact) mass is 292 g/mol. The van der Waals surface area contributed by atoms with E-state index in [1.165, 1.54) is 32.4 Å². The van der Waals surface area contributed by atoms with Crippen molar-refractivity contribution in [3.8, 4) is 0 Å². The van der Waals surface area contributed by atoms with Crippen LogP contribution in [0, 0.1) is 6.92 Å². The van der Waals surface area contributed by atoms with Gasteiger partial charge in [0.2, 0.25) is 0 Å². The predicted molar refractivity (Wildman–Crippen MR) is 79.6 cm³/mol. The van der Waals surface area contributed by atoms with Gasteiger partial charge in [0, 0.05) is 31.2 Å². The average molecular weight is 292 g/mol. The number of likely N-dealkylation sites (tertiary alicyclic amines) is 2. The number of nitrogens with zero attached hydrogens (tertiary/aromatic N) is 2. The molecule has 21 heavy (non-hydrogen) atoms. The van der Waals surface area contributed by atoms with Gasteiger partial charge in [-0.25, -0.2) is 5.84 Å². The van der Waals surface area contributed by atoms with E-state index in [0.29, 0.717) is 11.8 Å². The summed E-state index contributed by atoms with van der Waals surface area (Å²) in [5.74, 6) is 5.86. The number of furan rings is 1. The van der Waals surface area contributed by atoms with Crippen LogP contribution in [0.3, 0.4) is 0 Å². The Bertz CT molecular complexity index is 508. The van der Waals surface area contributed by atoms with E-state index >= 15 is 0 Å². The van der Waals surface area contributed by atoms with E-state index in [1.807, 2.05) is 6.92 Å². The number of nitrogen functional groups attached to an aromatic ring is 1. The van der Waals surface area contributed by atoms with Crippen molar-refractivity contribution in [2.24, 2.45) is 5.84 Å². The van der Waals surface area contributed by atoms with Crippen molar-refractivity contribution in [3.63, 3.8) is 0 Å². The molecule has 0 bridgehead atoms. The number of hydrogen-bond acceptors (Lipinski definition) is 5. The van der Waals surface area contributed by atoms with Crippen molar-refractivity contribution in [1.29, 1.82) is 0 Å². The highest BCUT2D eigenvalue weighted by Crippen LogP contribution is 2.23. The van der Waals surface area contributed by atoms with Gasteiger partial charge >= 0.3 is 5.91 Å². The Kier molecular flexibility index (Phi) is 4.28. The second-order valence-electron chi connectivity index (χ2n) is 6.09. The molecule has 6 nitrogen and oxygen atoms in total. The van der Waals surface area contributed by atoms with Crippen LogP contribution in [0.2, 0.25) is 0 Å². The first-order chi connectivity index (χ1) is 10.2. The van der Waals surface area contributed by atoms with Crippen molar-refractivity contribution in [1.82, 2.24) is 15.2 Å². The molecule has 0 radical (unpaired) electrons. The normalized spacial score (nSPS) is 23.8. The lowest BCUT2D eigenvalue weighted by atomic mass is 10.2. The van der Waals surface area contributed by atoms with E-state index in [-0.39, 0.29) is 5.91 Å². The maximum absolute atomic E-state index is 11.5. The Balaban J connectivity index is 1.59. The molecule has 6 heteroatoms. The number of amides is 1. The van der Waals surface area contributed by atoms with Crippen molar-refractivity contribution in [3.05, 3.63) is 23.2 Å². The summed E-state index contributed by atoms with van der Waals surface area (Å²) >= 11 is 0. The van der Waals surface area contributed by atoms with Crippen molar-refractivity contribution in [2.75, 3.05) is 26.2 Å². The van der Waals surface area contributed by atoms with Crippen molar-refractivity contribution >= 4 is 5.91 Å². The fraction of sp³-hybridized carbons (Fsp3) is 0.667. The van der Waals surface area contributed by atoms with Gasteiger partial charge in [0.05, 0.1) is 0 Å². The van der Waals surface area contributed by atoms with E-state index in [0.717, 1.165) is 31.0 Å². The number of aryl methyl sites for hydroxylation is 1. The second-order valence-corrected chi connectivity index (χ2v) is 6.09. The molecule has 2 aliphatic heterocycles. The van der Waals surface area contributed by atoms with Crippen molar-refractivity contribution < 1.29 is 9.21 Å². The van der Waals surface area contributed by atoms with Gasteiger partial charge in [0.15, 0.2) is 5.76 Å². The summed E-state index contributed by atoms with van der Waals surface area (Å²) in [7, 11) is 0. The Morgan fingerprint density at radius 3 is 2.90 bits per heavy atom. The molecule has 1 aromatic heterocycles. The Labute approximate surface area is 125 Å². The topological polar surface area (TPSA) is 74.7 Å². The van der Waals surface area contributed by atoms with E-state index in [1.54, 1.807) is 6.07 Å². The third kappa shape index (κ3) is 3.12. The third-order valence-corrected chi connectivity index (χ3v) is 4.67. The smallest absolute Gasteiger partial charge is 0.300 e. The first-order valence-corrected chi connectivity index (χ1v) is 7.74. The molecule has 0 aliphatic carbocycles. The number of nitrogens with two attached hydrogens (primary N) is 1. The zero-order valence-corrected chi connectivity index (χ0v) is 12.6. The molecule has 1 unspecified atom stereocenters. The molecule has 1 aromatic rings. The van der Waals surface area contributed by atoms with Crippen LogP contribution in [-0.2, 0) is 6.54 Å². The first kappa shape index (κ1) is 14.6. The molecule has 0 spiro atoms. The van der Waals surface area contributed by atoms with Crippen molar-refractivity contribution in [2.45, 2.75) is 38.8 Å². The van der Waals surface area contributed by atoms with Crippen LogP contribution in [0.1, 0.15) is 41.1 Å². The van der Waals surface area contributed by atoms with Gasteiger partial charge in [-0.2, -0.15) is 0 Å². The minimum Gasteiger partial charge on any atom is -0.456 e. The van der Waals surface area contributed by atoms with Crippen LogP contribution in [0.5, 0.6) is 0 Å². The standard InChI is InChI=1S/C15H24N4O2/c1-11-12(8-14(21-11)15(20)17-16)9-18-7-4-13(10-18)19-5-2-3-6-19/h8,13H,2-7,9-10,16H2,1H3,(H,17,20). The van der Waals surface area contributed by atoms with E-state index in [9.17, 15) is 4.79 Å². The van der Waals surface area contributed by atoms with E-state index < -0.39 is 0 Å². The molecule has 2 fully saturated rings. The van der Waals surface area contributed by atoms with Crippen LogP contribution in [0.15, 0.2) is 10.5 Å². The average Bonchev–Trinajstić information content (AvgIpc) is 3.19. The summed E-state index contributed by atoms with van der Waals surface area (Å²) < 4.78 is 5.48. The lowest BCUT2D eigenvalue weighted by Crippen LogP contribution is -2.35. The van der Waals surface area contributed by atoms with Gasteiger partial charge in [-0.1, -0.05) is 0 Å². The molecule has 0 saturated carbocycles. The highest BCUT2D eigenvalue weighted by atomic mass is 16.4. The van der Waals surface area contributed by atoms with Crippen LogP contribution in [0.25, 0.3) is 0 Å². The second kappa shape index (κ2) is 6.17. The number of hydrogen-bond donors (Lipinski definition) is 2. The van der Waals surface area contributed by atoms with Gasteiger partial charge in [-0.3, -0.25) is 20.0 Å². The minimum atomic E-state index is -0.374. The van der Waals surface area contributed by atoms with Crippen LogP contribution >= 0.6 is 0 Å². The number of rotatable bonds is 4. The Morgan fingerprint density at radius 1 is 1.43 bits per heavy atom. The summed E-state index contributed by atoms with van der Waals surface area (Å²) in [6.07, 6.45) is 3.93. The van der Waals surface area contributed by atoms with Gasteiger partial charge in [-0.15, -0.1) is 0 Å². The van der Waals surface area contributed by atoms with Gasteiger partial charge in [0.1, 0.15) is 5.76 Å². The molecular weight excluding hydrogens is 268 g/mol. The van der Waals surface area contributed by atoms with Crippen LogP contribution in [0.4, 0.5) is 0 Å². The fourth-order valence-electron chi connectivity index (χ4n) is 3.46. The molecule has 0 aromatic carbocycles. The molecule has 3 N–H and O–H groups in total. The summed E-state index contributed by atoms with van der Waals surface area (Å²) in [5.41, 5.74) is 3.19. The molecule has 1 atom stereocenters. The van der Waals surface area contributed by atoms with Gasteiger partial charge in [-0.05, 0) is 45.3 Å². The van der Waals surface area contributed by atoms with Gasteiger partial charge in [0.25, 0.3) is 0 Å². The third-order valence-electron chi connectivity index (χ3n) is 4.67. The summed E-state index contributed by atoms with van der Waals surface area (Å²) in [4.78, 5) is 16.6. The quantitative estimate of drug-likeness (QED) is 0.489. The predicted octanol–water partition coefficient (Wildman–Crippen LogP) is 0.862. The fourth-order valence-corrected chi connectivity index (χ4v) is 3.46. The molecule has 3 heterocycles. The van der Waals surface area contributed by atoms with E-state index in [2.05, 4.69) is 15.2 Å². The molecule has 1 amide bonds. The molecule has 2 aliphatic rings. The maximum Gasteiger partial charge on any atom is 0.300 e. The van der Waals surface area contributed by atoms with Gasteiger partial charge < -0.3 is 4.42 Å². The minimum absolute atomic E-state index is 0.292. The Hall–Kier alpha value is -1.37. The summed E-state index contributed by atoms with van der Waals surface area (Å²) in [5, 5.41) is 0. The highest BCUT2D eigenvalue weighted by Gasteiger charge is 2.29. The summed E-state index contributed by atoms with van der Waals surface area (Å²) in [6, 6.07) is 2.51. The van der Waals surface area contributed by atoms with E-state index in [4.69, 9.17) is 10.3 Å². The molecular formula is C15H24N4O2. The number of nitrogens with one attached hydrogen (secondary N) is 1. The summed E-state index contributed by atoms with van der Waals surface area (Å²) in [6.45, 7) is 7.48. The lowest BCUT2D eigenvalue weighted by molar-refractivity contribution is 0.0924. The number of hydrazine groups is 1. The molecule has 3 rings (SSSR count). The highest BCUT2D eigenvalue weighted by molar-refractivity contribution is 5.91. The zero-order valence-electron chi connectivity index (χ0n) is 12.6. The molecule has 2 saturated heterocycles. The Morgan fingerprint density at radius 2 is 2.19 bits per heavy atom. The lowest BCUT2D eigenvalue weighted by Gasteiger charge is -2.23.